The van der Waals surface area contributed by atoms with Gasteiger partial charge in [-0.2, -0.15) is 10.4 Å². The molecular formula is C17H17ClN4O2. The van der Waals surface area contributed by atoms with Gasteiger partial charge in [0.05, 0.1) is 5.69 Å². The Morgan fingerprint density at radius 1 is 1.42 bits per heavy atom. The molecule has 0 fully saturated rings. The fourth-order valence-electron chi connectivity index (χ4n) is 2.26. The van der Waals surface area contributed by atoms with Gasteiger partial charge in [0.25, 0.3) is 5.56 Å². The quantitative estimate of drug-likeness (QED) is 0.850. The molecule has 0 spiro atoms. The van der Waals surface area contributed by atoms with Crippen LogP contribution >= 0.6 is 11.6 Å². The summed E-state index contributed by atoms with van der Waals surface area (Å²) in [5.41, 5.74) is 1.45. The highest BCUT2D eigenvalue weighted by Gasteiger charge is 2.16. The predicted molar refractivity (Wildman–Crippen MR) is 90.6 cm³/mol. The summed E-state index contributed by atoms with van der Waals surface area (Å²) >= 11 is 5.93. The Kier molecular flexibility index (Phi) is 5.37. The molecule has 0 saturated heterocycles. The Hall–Kier alpha value is -2.65. The number of nitrogens with zero attached hydrogens (tertiary/aromatic N) is 4. The molecule has 0 N–H and O–H groups in total. The first-order valence-corrected chi connectivity index (χ1v) is 7.68. The Morgan fingerprint density at radius 3 is 2.75 bits per heavy atom. The van der Waals surface area contributed by atoms with Gasteiger partial charge in [0.1, 0.15) is 18.2 Å². The maximum atomic E-state index is 12.4. The van der Waals surface area contributed by atoms with Crippen molar-refractivity contribution in [2.75, 3.05) is 7.05 Å². The molecule has 0 aliphatic heterocycles. The van der Waals surface area contributed by atoms with E-state index in [1.165, 1.54) is 4.90 Å². The van der Waals surface area contributed by atoms with E-state index in [0.29, 0.717) is 22.8 Å². The van der Waals surface area contributed by atoms with Gasteiger partial charge < -0.3 is 4.90 Å². The van der Waals surface area contributed by atoms with Gasteiger partial charge >= 0.3 is 0 Å². The lowest BCUT2D eigenvalue weighted by Gasteiger charge is -2.18. The number of benzene rings is 1. The molecule has 0 unspecified atom stereocenters. The average Bonchev–Trinajstić information content (AvgIpc) is 2.53. The molecule has 0 atom stereocenters. The van der Waals surface area contributed by atoms with Gasteiger partial charge in [0, 0.05) is 18.6 Å². The van der Waals surface area contributed by atoms with Gasteiger partial charge in [0.2, 0.25) is 5.91 Å². The van der Waals surface area contributed by atoms with Crippen LogP contribution in [0.5, 0.6) is 0 Å². The number of rotatable bonds is 4. The highest BCUT2D eigenvalue weighted by Crippen LogP contribution is 2.12. The Morgan fingerprint density at radius 2 is 2.12 bits per heavy atom. The number of hydrogen-bond acceptors (Lipinski definition) is 4. The Balaban J connectivity index is 2.19. The number of amides is 1. The number of nitriles is 1. The van der Waals surface area contributed by atoms with Crippen molar-refractivity contribution in [3.05, 3.63) is 62.0 Å². The minimum absolute atomic E-state index is 0.0211. The van der Waals surface area contributed by atoms with Crippen molar-refractivity contribution in [2.24, 2.45) is 0 Å². The van der Waals surface area contributed by atoms with Gasteiger partial charge in [-0.25, -0.2) is 4.68 Å². The molecule has 1 heterocycles. The van der Waals surface area contributed by atoms with Gasteiger partial charge in [-0.3, -0.25) is 9.59 Å². The summed E-state index contributed by atoms with van der Waals surface area (Å²) in [6.45, 7) is 3.52. The van der Waals surface area contributed by atoms with E-state index >= 15 is 0 Å². The topological polar surface area (TPSA) is 79.0 Å². The van der Waals surface area contributed by atoms with Crippen LogP contribution < -0.4 is 5.56 Å². The average molecular weight is 345 g/mol. The third-order valence-electron chi connectivity index (χ3n) is 3.77. The summed E-state index contributed by atoms with van der Waals surface area (Å²) < 4.78 is 1.04. The molecule has 1 aromatic heterocycles. The normalized spacial score (nSPS) is 10.3. The van der Waals surface area contributed by atoms with Crippen molar-refractivity contribution in [3.8, 4) is 6.07 Å². The maximum absolute atomic E-state index is 12.4. The number of hydrogen-bond donors (Lipinski definition) is 0. The van der Waals surface area contributed by atoms with Crippen LogP contribution in [-0.4, -0.2) is 27.6 Å². The fourth-order valence-corrected chi connectivity index (χ4v) is 2.47. The van der Waals surface area contributed by atoms with Crippen molar-refractivity contribution < 1.29 is 4.79 Å². The minimum atomic E-state index is -0.551. The molecule has 0 bridgehead atoms. The first-order valence-electron chi connectivity index (χ1n) is 7.30. The predicted octanol–water partition coefficient (Wildman–Crippen LogP) is 2.04. The SMILES string of the molecule is Cc1nn(CC(=O)N(C)Cc2cccc(Cl)c2)c(=O)c(C#N)c1C. The van der Waals surface area contributed by atoms with E-state index in [1.807, 2.05) is 18.2 Å². The third-order valence-corrected chi connectivity index (χ3v) is 4.00. The second kappa shape index (κ2) is 7.28. The molecule has 0 radical (unpaired) electrons. The fraction of sp³-hybridized carbons (Fsp3) is 0.294. The molecule has 0 aliphatic rings. The zero-order chi connectivity index (χ0) is 17.9. The van der Waals surface area contributed by atoms with Gasteiger partial charge in [-0.05, 0) is 37.1 Å². The summed E-state index contributed by atoms with van der Waals surface area (Å²) in [7, 11) is 1.64. The minimum Gasteiger partial charge on any atom is -0.340 e. The number of carbonyl (C=O) groups excluding carboxylic acids is 1. The monoisotopic (exact) mass is 344 g/mol. The zero-order valence-corrected chi connectivity index (χ0v) is 14.5. The van der Waals surface area contributed by atoms with Crippen LogP contribution in [0.2, 0.25) is 5.02 Å². The molecule has 7 heteroatoms. The van der Waals surface area contributed by atoms with Crippen molar-refractivity contribution in [1.29, 1.82) is 5.26 Å². The molecular weight excluding hydrogens is 328 g/mol. The van der Waals surface area contributed by atoms with E-state index in [0.717, 1.165) is 10.2 Å². The molecule has 1 amide bonds. The summed E-state index contributed by atoms with van der Waals surface area (Å²) in [6, 6.07) is 9.09. The number of aryl methyl sites for hydroxylation is 1. The van der Waals surface area contributed by atoms with E-state index < -0.39 is 5.56 Å². The van der Waals surface area contributed by atoms with E-state index in [2.05, 4.69) is 5.10 Å². The van der Waals surface area contributed by atoms with Crippen LogP contribution in [0, 0.1) is 25.2 Å². The molecule has 1 aromatic carbocycles. The molecule has 124 valence electrons. The highest BCUT2D eigenvalue weighted by molar-refractivity contribution is 6.30. The van der Waals surface area contributed by atoms with Crippen LogP contribution in [-0.2, 0) is 17.9 Å². The van der Waals surface area contributed by atoms with Crippen LogP contribution in [0.25, 0.3) is 0 Å². The summed E-state index contributed by atoms with van der Waals surface area (Å²) in [5, 5.41) is 13.8. The van der Waals surface area contributed by atoms with Crippen LogP contribution in [0.1, 0.15) is 22.4 Å². The number of aromatic nitrogens is 2. The molecule has 2 aromatic rings. The lowest BCUT2D eigenvalue weighted by atomic mass is 10.1. The van der Waals surface area contributed by atoms with Gasteiger partial charge in [-0.1, -0.05) is 23.7 Å². The first-order chi connectivity index (χ1) is 11.3. The van der Waals surface area contributed by atoms with Gasteiger partial charge in [-0.15, -0.1) is 0 Å². The zero-order valence-electron chi connectivity index (χ0n) is 13.7. The second-order valence-corrected chi connectivity index (χ2v) is 5.98. The molecule has 2 rings (SSSR count). The number of likely N-dealkylation sites (N-methyl/N-ethyl adjacent to an activating group) is 1. The number of halogens is 1. The van der Waals surface area contributed by atoms with Crippen LogP contribution in [0.4, 0.5) is 0 Å². The second-order valence-electron chi connectivity index (χ2n) is 5.54. The van der Waals surface area contributed by atoms with Crippen molar-refractivity contribution in [3.63, 3.8) is 0 Å². The highest BCUT2D eigenvalue weighted by atomic mass is 35.5. The molecule has 0 saturated carbocycles. The summed E-state index contributed by atoms with van der Waals surface area (Å²) in [4.78, 5) is 26.1. The Bertz CT molecular complexity index is 883. The first kappa shape index (κ1) is 17.7. The smallest absolute Gasteiger partial charge is 0.285 e. The molecule has 0 aliphatic carbocycles. The standard InChI is InChI=1S/C17H17ClN4O2/c1-11-12(2)20-22(17(24)15(11)8-19)10-16(23)21(3)9-13-5-4-6-14(18)7-13/h4-7H,9-10H2,1-3H3. The van der Waals surface area contributed by atoms with E-state index in [4.69, 9.17) is 16.9 Å². The lowest BCUT2D eigenvalue weighted by molar-refractivity contribution is -0.131. The van der Waals surface area contributed by atoms with Crippen molar-refractivity contribution in [1.82, 2.24) is 14.7 Å². The largest absolute Gasteiger partial charge is 0.340 e. The van der Waals surface area contributed by atoms with Crippen LogP contribution in [0.15, 0.2) is 29.1 Å². The Labute approximate surface area is 144 Å². The van der Waals surface area contributed by atoms with E-state index in [9.17, 15) is 9.59 Å². The third kappa shape index (κ3) is 3.81. The maximum Gasteiger partial charge on any atom is 0.285 e. The van der Waals surface area contributed by atoms with Crippen molar-refractivity contribution >= 4 is 17.5 Å². The van der Waals surface area contributed by atoms with Gasteiger partial charge in [0.15, 0.2) is 0 Å². The molecule has 6 nitrogen and oxygen atoms in total. The van der Waals surface area contributed by atoms with Crippen molar-refractivity contribution in [2.45, 2.75) is 26.9 Å². The van der Waals surface area contributed by atoms with E-state index in [-0.39, 0.29) is 18.0 Å². The lowest BCUT2D eigenvalue weighted by Crippen LogP contribution is -2.36. The van der Waals surface area contributed by atoms with E-state index in [1.54, 1.807) is 33.0 Å². The summed E-state index contributed by atoms with van der Waals surface area (Å²) in [6.07, 6.45) is 0. The summed E-state index contributed by atoms with van der Waals surface area (Å²) in [5.74, 6) is -0.281. The van der Waals surface area contributed by atoms with Crippen LogP contribution in [0.3, 0.4) is 0 Å². The molecule has 24 heavy (non-hydrogen) atoms. The number of carbonyl (C=O) groups is 1.